The van der Waals surface area contributed by atoms with Gasteiger partial charge in [-0.15, -0.1) is 0 Å². The van der Waals surface area contributed by atoms with E-state index in [0.717, 1.165) is 5.56 Å². The van der Waals surface area contributed by atoms with Crippen LogP contribution in [0, 0.1) is 11.3 Å². The number of hydrogen-bond acceptors (Lipinski definition) is 3. The monoisotopic (exact) mass is 346 g/mol. The summed E-state index contributed by atoms with van der Waals surface area (Å²) in [5.41, 5.74) is 6.82. The number of nitrogens with two attached hydrogens (primary N) is 1. The third kappa shape index (κ3) is 4.75. The molecule has 0 aliphatic rings. The highest BCUT2D eigenvalue weighted by atomic mass is 35.5. The highest BCUT2D eigenvalue weighted by Crippen LogP contribution is 2.28. The van der Waals surface area contributed by atoms with Gasteiger partial charge in [-0.05, 0) is 35.9 Å². The number of nitrogens with zero attached hydrogens (tertiary/aromatic N) is 1. The summed E-state index contributed by atoms with van der Waals surface area (Å²) in [5.74, 6) is -0.0258. The van der Waals surface area contributed by atoms with Crippen molar-refractivity contribution in [1.82, 2.24) is 0 Å². The van der Waals surface area contributed by atoms with Crippen LogP contribution in [-0.2, 0) is 4.79 Å². The molecule has 0 aromatic heterocycles. The molecule has 1 amide bonds. The van der Waals surface area contributed by atoms with E-state index in [-0.39, 0.29) is 6.61 Å². The first-order valence-corrected chi connectivity index (χ1v) is 7.33. The fraction of sp³-hybridized carbons (Fsp3) is 0.0588. The normalized spacial score (nSPS) is 10.9. The summed E-state index contributed by atoms with van der Waals surface area (Å²) in [7, 11) is 0. The molecule has 0 radical (unpaired) electrons. The van der Waals surface area contributed by atoms with E-state index in [1.54, 1.807) is 48.5 Å². The first-order valence-electron chi connectivity index (χ1n) is 6.58. The van der Waals surface area contributed by atoms with Gasteiger partial charge >= 0.3 is 0 Å². The van der Waals surface area contributed by atoms with Gasteiger partial charge in [-0.2, -0.15) is 5.26 Å². The second kappa shape index (κ2) is 7.68. The van der Waals surface area contributed by atoms with E-state index in [1.165, 1.54) is 0 Å². The van der Waals surface area contributed by atoms with Crippen molar-refractivity contribution < 1.29 is 9.53 Å². The van der Waals surface area contributed by atoms with Crippen molar-refractivity contribution in [1.29, 1.82) is 5.26 Å². The van der Waals surface area contributed by atoms with Crippen molar-refractivity contribution >= 4 is 40.8 Å². The Morgan fingerprint density at radius 2 is 1.91 bits per heavy atom. The van der Waals surface area contributed by atoms with Crippen LogP contribution in [0.5, 0.6) is 5.75 Å². The molecule has 0 unspecified atom stereocenters. The largest absolute Gasteiger partial charge is 0.484 e. The molecule has 2 N–H and O–H groups in total. The molecule has 2 aromatic carbocycles. The molecule has 0 heterocycles. The molecule has 23 heavy (non-hydrogen) atoms. The van der Waals surface area contributed by atoms with E-state index in [1.807, 2.05) is 0 Å². The topological polar surface area (TPSA) is 76.1 Å². The predicted molar refractivity (Wildman–Crippen MR) is 91.1 cm³/mol. The molecule has 2 rings (SSSR count). The Morgan fingerprint density at radius 1 is 1.22 bits per heavy atom. The van der Waals surface area contributed by atoms with Crippen LogP contribution in [0.2, 0.25) is 10.0 Å². The number of rotatable bonds is 5. The Morgan fingerprint density at radius 3 is 2.48 bits per heavy atom. The molecular weight excluding hydrogens is 335 g/mol. The lowest BCUT2D eigenvalue weighted by atomic mass is 10.0. The molecular formula is C17H12Cl2N2O2. The van der Waals surface area contributed by atoms with E-state index < -0.39 is 5.91 Å². The zero-order chi connectivity index (χ0) is 16.8. The summed E-state index contributed by atoms with van der Waals surface area (Å²) >= 11 is 12.0. The Bertz CT molecular complexity index is 793. The first kappa shape index (κ1) is 16.9. The van der Waals surface area contributed by atoms with E-state index in [2.05, 4.69) is 6.07 Å². The van der Waals surface area contributed by atoms with Gasteiger partial charge in [-0.25, -0.2) is 0 Å². The fourth-order valence-electron chi connectivity index (χ4n) is 1.86. The van der Waals surface area contributed by atoms with Gasteiger partial charge in [-0.1, -0.05) is 41.4 Å². The minimum absolute atomic E-state index is 0.182. The second-order valence-corrected chi connectivity index (χ2v) is 5.46. The molecule has 0 bridgehead atoms. The smallest absolute Gasteiger partial charge is 0.255 e. The van der Waals surface area contributed by atoms with Crippen LogP contribution in [0.4, 0.5) is 0 Å². The summed E-state index contributed by atoms with van der Waals surface area (Å²) in [5, 5.41) is 10.3. The van der Waals surface area contributed by atoms with Gasteiger partial charge in [0.2, 0.25) is 0 Å². The van der Waals surface area contributed by atoms with Crippen molar-refractivity contribution in [2.75, 3.05) is 6.61 Å². The zero-order valence-electron chi connectivity index (χ0n) is 11.9. The van der Waals surface area contributed by atoms with Crippen molar-refractivity contribution in [3.63, 3.8) is 0 Å². The predicted octanol–water partition coefficient (Wildman–Crippen LogP) is 3.92. The average molecular weight is 347 g/mol. The number of benzene rings is 2. The lowest BCUT2D eigenvalue weighted by Crippen LogP contribution is -2.19. The van der Waals surface area contributed by atoms with Gasteiger partial charge in [0, 0.05) is 10.6 Å². The van der Waals surface area contributed by atoms with Gasteiger partial charge in [0.15, 0.2) is 6.61 Å². The summed E-state index contributed by atoms with van der Waals surface area (Å²) in [6.07, 6.45) is 1.70. The number of ether oxygens (including phenoxy) is 1. The maximum Gasteiger partial charge on any atom is 0.255 e. The number of carbonyl (C=O) groups is 1. The maximum atomic E-state index is 10.7. The Labute approximate surface area is 143 Å². The molecule has 6 heteroatoms. The van der Waals surface area contributed by atoms with Gasteiger partial charge < -0.3 is 10.5 Å². The molecule has 0 spiro atoms. The van der Waals surface area contributed by atoms with E-state index in [9.17, 15) is 10.1 Å². The fourth-order valence-corrected chi connectivity index (χ4v) is 2.37. The molecule has 0 saturated heterocycles. The lowest BCUT2D eigenvalue weighted by Gasteiger charge is -2.05. The number of hydrogen-bond donors (Lipinski definition) is 1. The molecule has 0 aliphatic heterocycles. The van der Waals surface area contributed by atoms with E-state index in [0.29, 0.717) is 26.9 Å². The SMILES string of the molecule is N#C/C(=C/c1ccc(OCC(N)=O)cc1)c1ccc(Cl)cc1Cl. The molecule has 116 valence electrons. The van der Waals surface area contributed by atoms with Crippen LogP contribution < -0.4 is 10.5 Å². The third-order valence-corrected chi connectivity index (χ3v) is 3.46. The van der Waals surface area contributed by atoms with Crippen LogP contribution in [0.25, 0.3) is 11.6 Å². The van der Waals surface area contributed by atoms with Crippen LogP contribution in [0.15, 0.2) is 42.5 Å². The first-order chi connectivity index (χ1) is 11.0. The highest BCUT2D eigenvalue weighted by molar-refractivity contribution is 6.36. The van der Waals surface area contributed by atoms with Crippen LogP contribution in [-0.4, -0.2) is 12.5 Å². The van der Waals surface area contributed by atoms with E-state index in [4.69, 9.17) is 33.7 Å². The molecule has 0 aliphatic carbocycles. The number of allylic oxidation sites excluding steroid dienone is 1. The second-order valence-electron chi connectivity index (χ2n) is 4.62. The minimum atomic E-state index is -0.543. The number of carbonyl (C=O) groups excluding carboxylic acids is 1. The van der Waals surface area contributed by atoms with Crippen LogP contribution >= 0.6 is 23.2 Å². The van der Waals surface area contributed by atoms with Gasteiger partial charge in [-0.3, -0.25) is 4.79 Å². The van der Waals surface area contributed by atoms with Crippen molar-refractivity contribution in [3.8, 4) is 11.8 Å². The summed E-state index contributed by atoms with van der Waals surface area (Å²) in [4.78, 5) is 10.7. The van der Waals surface area contributed by atoms with Crippen molar-refractivity contribution in [3.05, 3.63) is 63.6 Å². The quantitative estimate of drug-likeness (QED) is 0.658. The number of nitriles is 1. The Balaban J connectivity index is 2.24. The number of halogens is 2. The van der Waals surface area contributed by atoms with Crippen LogP contribution in [0.3, 0.4) is 0 Å². The van der Waals surface area contributed by atoms with E-state index >= 15 is 0 Å². The van der Waals surface area contributed by atoms with Crippen molar-refractivity contribution in [2.24, 2.45) is 5.73 Å². The zero-order valence-corrected chi connectivity index (χ0v) is 13.4. The van der Waals surface area contributed by atoms with Crippen molar-refractivity contribution in [2.45, 2.75) is 0 Å². The van der Waals surface area contributed by atoms with Gasteiger partial charge in [0.1, 0.15) is 5.75 Å². The standard InChI is InChI=1S/C17H12Cl2N2O2/c18-13-3-6-15(16(19)8-13)12(9-20)7-11-1-4-14(5-2-11)23-10-17(21)22/h1-8H,10H2,(H2,21,22)/b12-7-. The molecule has 0 atom stereocenters. The molecule has 2 aromatic rings. The van der Waals surface area contributed by atoms with Crippen LogP contribution in [0.1, 0.15) is 11.1 Å². The molecule has 0 saturated carbocycles. The maximum absolute atomic E-state index is 10.7. The Hall–Kier alpha value is -2.48. The van der Waals surface area contributed by atoms with Gasteiger partial charge in [0.05, 0.1) is 16.7 Å². The lowest BCUT2D eigenvalue weighted by molar-refractivity contribution is -0.119. The summed E-state index contributed by atoms with van der Waals surface area (Å²) in [6, 6.07) is 14.0. The molecule has 4 nitrogen and oxygen atoms in total. The minimum Gasteiger partial charge on any atom is -0.484 e. The summed E-state index contributed by atoms with van der Waals surface area (Å²) < 4.78 is 5.17. The number of amides is 1. The Kier molecular flexibility index (Phi) is 5.64. The average Bonchev–Trinajstić information content (AvgIpc) is 2.52. The third-order valence-electron chi connectivity index (χ3n) is 2.91. The summed E-state index contributed by atoms with van der Waals surface area (Å²) in [6.45, 7) is -0.182. The highest BCUT2D eigenvalue weighted by Gasteiger charge is 2.07. The van der Waals surface area contributed by atoms with Gasteiger partial charge in [0.25, 0.3) is 5.91 Å². The molecule has 0 fully saturated rings. The number of primary amides is 1.